The third-order valence-electron chi connectivity index (χ3n) is 4.42. The van der Waals surface area contributed by atoms with Crippen LogP contribution in [0.15, 0.2) is 12.3 Å². The molecule has 4 heterocycles. The Morgan fingerprint density at radius 2 is 1.96 bits per heavy atom. The maximum atomic E-state index is 11.5. The van der Waals surface area contributed by atoms with Gasteiger partial charge in [0.2, 0.25) is 0 Å². The van der Waals surface area contributed by atoms with Gasteiger partial charge < -0.3 is 23.9 Å². The first-order valence-electron chi connectivity index (χ1n) is 7.82. The number of carboxylic acids is 1. The molecular formula is C16H19N3O5. The number of fused-ring (bicyclic) bond motifs is 2. The Labute approximate surface area is 138 Å². The molecule has 128 valence electrons. The summed E-state index contributed by atoms with van der Waals surface area (Å²) >= 11 is 0. The SMILES string of the molecule is Cc1nc(C)c2ccn([C@@H]3O[C@H](C(=O)O)[C@H]4OC(C)(C)O[C@H]43)c2n1. The van der Waals surface area contributed by atoms with Gasteiger partial charge in [-0.15, -0.1) is 0 Å². The van der Waals surface area contributed by atoms with E-state index in [0.717, 1.165) is 11.1 Å². The molecule has 4 atom stereocenters. The Morgan fingerprint density at radius 3 is 2.67 bits per heavy atom. The molecule has 0 aromatic carbocycles. The molecule has 4 rings (SSSR count). The average molecular weight is 333 g/mol. The Kier molecular flexibility index (Phi) is 3.22. The average Bonchev–Trinajstić information content (AvgIpc) is 3.09. The lowest BCUT2D eigenvalue weighted by atomic mass is 10.1. The van der Waals surface area contributed by atoms with Crippen LogP contribution >= 0.6 is 0 Å². The monoisotopic (exact) mass is 333 g/mol. The van der Waals surface area contributed by atoms with E-state index in [1.165, 1.54) is 0 Å². The van der Waals surface area contributed by atoms with Crippen molar-refractivity contribution in [3.8, 4) is 0 Å². The zero-order chi connectivity index (χ0) is 17.2. The number of hydrogen-bond donors (Lipinski definition) is 1. The van der Waals surface area contributed by atoms with Gasteiger partial charge in [-0.25, -0.2) is 14.8 Å². The summed E-state index contributed by atoms with van der Waals surface area (Å²) in [6.45, 7) is 7.27. The minimum atomic E-state index is -1.08. The number of aryl methyl sites for hydroxylation is 2. The van der Waals surface area contributed by atoms with Gasteiger partial charge in [-0.2, -0.15) is 0 Å². The molecular weight excluding hydrogens is 314 g/mol. The summed E-state index contributed by atoms with van der Waals surface area (Å²) in [6, 6.07) is 1.90. The number of carboxylic acid groups (broad SMARTS) is 1. The molecule has 2 aromatic heterocycles. The van der Waals surface area contributed by atoms with Crippen molar-refractivity contribution in [1.29, 1.82) is 0 Å². The molecule has 8 heteroatoms. The molecule has 2 fully saturated rings. The number of aliphatic carboxylic acids is 1. The van der Waals surface area contributed by atoms with Crippen LogP contribution in [0, 0.1) is 13.8 Å². The van der Waals surface area contributed by atoms with Crippen LogP contribution in [0.5, 0.6) is 0 Å². The molecule has 8 nitrogen and oxygen atoms in total. The van der Waals surface area contributed by atoms with Crippen LogP contribution in [-0.4, -0.2) is 49.7 Å². The van der Waals surface area contributed by atoms with Gasteiger partial charge in [-0.3, -0.25) is 0 Å². The van der Waals surface area contributed by atoms with Gasteiger partial charge in [0.15, 0.2) is 18.1 Å². The van der Waals surface area contributed by atoms with Gasteiger partial charge in [0.25, 0.3) is 0 Å². The van der Waals surface area contributed by atoms with Gasteiger partial charge in [-0.05, 0) is 33.8 Å². The fraction of sp³-hybridized carbons (Fsp3) is 0.562. The largest absolute Gasteiger partial charge is 0.479 e. The van der Waals surface area contributed by atoms with Crippen LogP contribution < -0.4 is 0 Å². The van der Waals surface area contributed by atoms with Crippen molar-refractivity contribution in [3.63, 3.8) is 0 Å². The summed E-state index contributed by atoms with van der Waals surface area (Å²) in [5.74, 6) is -1.27. The lowest BCUT2D eigenvalue weighted by Gasteiger charge is -2.24. The summed E-state index contributed by atoms with van der Waals surface area (Å²) in [4.78, 5) is 20.4. The molecule has 0 spiro atoms. The van der Waals surface area contributed by atoms with Crippen LogP contribution in [0.25, 0.3) is 11.0 Å². The minimum Gasteiger partial charge on any atom is -0.479 e. The van der Waals surface area contributed by atoms with E-state index < -0.39 is 36.3 Å². The van der Waals surface area contributed by atoms with Crippen molar-refractivity contribution in [2.75, 3.05) is 0 Å². The van der Waals surface area contributed by atoms with E-state index >= 15 is 0 Å². The van der Waals surface area contributed by atoms with E-state index in [9.17, 15) is 9.90 Å². The first kappa shape index (κ1) is 15.5. The van der Waals surface area contributed by atoms with Crippen molar-refractivity contribution in [2.24, 2.45) is 0 Å². The lowest BCUT2D eigenvalue weighted by Crippen LogP contribution is -2.35. The van der Waals surface area contributed by atoms with Crippen molar-refractivity contribution >= 4 is 17.0 Å². The molecule has 24 heavy (non-hydrogen) atoms. The van der Waals surface area contributed by atoms with E-state index in [0.29, 0.717) is 11.5 Å². The summed E-state index contributed by atoms with van der Waals surface area (Å²) in [7, 11) is 0. The zero-order valence-corrected chi connectivity index (χ0v) is 13.9. The fourth-order valence-electron chi connectivity index (χ4n) is 3.53. The van der Waals surface area contributed by atoms with Gasteiger partial charge in [0, 0.05) is 11.6 Å². The van der Waals surface area contributed by atoms with E-state index in [4.69, 9.17) is 14.2 Å². The Balaban J connectivity index is 1.80. The molecule has 0 radical (unpaired) electrons. The second-order valence-corrected chi connectivity index (χ2v) is 6.67. The maximum Gasteiger partial charge on any atom is 0.335 e. The predicted octanol–water partition coefficient (Wildman–Crippen LogP) is 1.55. The quantitative estimate of drug-likeness (QED) is 0.890. The number of carbonyl (C=O) groups is 1. The molecule has 0 amide bonds. The highest BCUT2D eigenvalue weighted by Crippen LogP contribution is 2.44. The molecule has 0 aliphatic carbocycles. The van der Waals surface area contributed by atoms with E-state index in [1.807, 2.05) is 30.7 Å². The molecule has 2 aliphatic rings. The summed E-state index contributed by atoms with van der Waals surface area (Å²) in [5, 5.41) is 10.4. The highest BCUT2D eigenvalue weighted by atomic mass is 16.8. The zero-order valence-electron chi connectivity index (χ0n) is 13.9. The maximum absolute atomic E-state index is 11.5. The predicted molar refractivity (Wildman–Crippen MR) is 82.4 cm³/mol. The lowest BCUT2D eigenvalue weighted by molar-refractivity contribution is -0.202. The topological polar surface area (TPSA) is 95.7 Å². The van der Waals surface area contributed by atoms with Crippen LogP contribution in [0.1, 0.15) is 31.6 Å². The number of nitrogens with zero attached hydrogens (tertiary/aromatic N) is 3. The highest BCUT2D eigenvalue weighted by molar-refractivity contribution is 5.79. The van der Waals surface area contributed by atoms with Gasteiger partial charge in [0.05, 0.1) is 5.69 Å². The second kappa shape index (κ2) is 4.98. The normalized spacial score (nSPS) is 31.5. The summed E-state index contributed by atoms with van der Waals surface area (Å²) in [5.41, 5.74) is 1.56. The van der Waals surface area contributed by atoms with Crippen molar-refractivity contribution in [2.45, 2.75) is 58.0 Å². The third kappa shape index (κ3) is 2.21. The Bertz CT molecular complexity index is 830. The minimum absolute atomic E-state index is 0.521. The second-order valence-electron chi connectivity index (χ2n) is 6.67. The van der Waals surface area contributed by atoms with E-state index in [1.54, 1.807) is 13.8 Å². The van der Waals surface area contributed by atoms with E-state index in [-0.39, 0.29) is 0 Å². The number of ether oxygens (including phenoxy) is 3. The fourth-order valence-corrected chi connectivity index (χ4v) is 3.53. The molecule has 0 saturated carbocycles. The van der Waals surface area contributed by atoms with Crippen molar-refractivity contribution in [3.05, 3.63) is 23.8 Å². The van der Waals surface area contributed by atoms with Crippen LogP contribution in [0.4, 0.5) is 0 Å². The first-order valence-corrected chi connectivity index (χ1v) is 7.82. The smallest absolute Gasteiger partial charge is 0.335 e. The summed E-state index contributed by atoms with van der Waals surface area (Å²) in [6.07, 6.45) is -1.06. The van der Waals surface area contributed by atoms with Crippen molar-refractivity contribution < 1.29 is 24.1 Å². The molecule has 2 aliphatic heterocycles. The van der Waals surface area contributed by atoms with Crippen LogP contribution in [0.3, 0.4) is 0 Å². The standard InChI is InChI=1S/C16H19N3O5/c1-7-9-5-6-19(13(9)18-8(2)17-7)14-11-10(12(22-14)15(20)21)23-16(3,4)24-11/h5-6,10-12,14H,1-4H3,(H,20,21)/t10-,11+,12-,14+/m0/s1. The van der Waals surface area contributed by atoms with Gasteiger partial charge >= 0.3 is 5.97 Å². The first-order chi connectivity index (χ1) is 11.3. The molecule has 0 unspecified atom stereocenters. The number of hydrogen-bond acceptors (Lipinski definition) is 6. The number of rotatable bonds is 2. The Morgan fingerprint density at radius 1 is 1.25 bits per heavy atom. The third-order valence-corrected chi connectivity index (χ3v) is 4.42. The van der Waals surface area contributed by atoms with Crippen molar-refractivity contribution in [1.82, 2.24) is 14.5 Å². The molecule has 2 aromatic rings. The Hall–Kier alpha value is -2.03. The van der Waals surface area contributed by atoms with Gasteiger partial charge in [0.1, 0.15) is 23.7 Å². The van der Waals surface area contributed by atoms with E-state index in [2.05, 4.69) is 9.97 Å². The number of aromatic nitrogens is 3. The van der Waals surface area contributed by atoms with Gasteiger partial charge in [-0.1, -0.05) is 0 Å². The molecule has 2 saturated heterocycles. The summed E-state index contributed by atoms with van der Waals surface area (Å²) < 4.78 is 19.3. The molecule has 1 N–H and O–H groups in total. The highest BCUT2D eigenvalue weighted by Gasteiger charge is 2.58. The molecule has 0 bridgehead atoms. The van der Waals surface area contributed by atoms with Crippen LogP contribution in [-0.2, 0) is 19.0 Å². The van der Waals surface area contributed by atoms with Crippen LogP contribution in [0.2, 0.25) is 0 Å².